The third-order valence-electron chi connectivity index (χ3n) is 4.68. The van der Waals surface area contributed by atoms with E-state index in [1.807, 2.05) is 53.9 Å². The summed E-state index contributed by atoms with van der Waals surface area (Å²) in [7, 11) is 1.57. The molecule has 2 heterocycles. The Labute approximate surface area is 188 Å². The molecule has 0 radical (unpaired) electrons. The van der Waals surface area contributed by atoms with Crippen molar-refractivity contribution in [1.29, 1.82) is 0 Å². The Hall–Kier alpha value is -3.91. The number of esters is 1. The normalized spacial score (nSPS) is 10.6. The van der Waals surface area contributed by atoms with E-state index < -0.39 is 11.9 Å². The van der Waals surface area contributed by atoms with Crippen LogP contribution < -0.4 is 10.1 Å². The van der Waals surface area contributed by atoms with Crippen LogP contribution in [0, 0.1) is 0 Å². The predicted octanol–water partition coefficient (Wildman–Crippen LogP) is 5.51. The van der Waals surface area contributed by atoms with Gasteiger partial charge in [-0.05, 0) is 24.6 Å². The van der Waals surface area contributed by atoms with Gasteiger partial charge in [0.25, 0.3) is 5.91 Å². The van der Waals surface area contributed by atoms with Crippen LogP contribution in [0.15, 0.2) is 70.6 Å². The Morgan fingerprint density at radius 1 is 1.06 bits per heavy atom. The van der Waals surface area contributed by atoms with Gasteiger partial charge in [0, 0.05) is 22.6 Å². The first kappa shape index (κ1) is 21.3. The van der Waals surface area contributed by atoms with E-state index >= 15 is 0 Å². The highest BCUT2D eigenvalue weighted by Crippen LogP contribution is 2.36. The maximum absolute atomic E-state index is 12.9. The van der Waals surface area contributed by atoms with Gasteiger partial charge in [-0.25, -0.2) is 4.79 Å². The van der Waals surface area contributed by atoms with Crippen molar-refractivity contribution in [2.75, 3.05) is 19.0 Å². The fourth-order valence-electron chi connectivity index (χ4n) is 3.15. The first-order valence-electron chi connectivity index (χ1n) is 9.87. The van der Waals surface area contributed by atoms with Crippen molar-refractivity contribution < 1.29 is 23.6 Å². The minimum Gasteiger partial charge on any atom is -0.497 e. The highest BCUT2D eigenvalue weighted by molar-refractivity contribution is 7.15. The molecule has 0 saturated carbocycles. The molecule has 32 heavy (non-hydrogen) atoms. The molecule has 0 atom stereocenters. The summed E-state index contributed by atoms with van der Waals surface area (Å²) >= 11 is 1.25. The largest absolute Gasteiger partial charge is 0.497 e. The first-order valence-corrected chi connectivity index (χ1v) is 10.7. The standard InChI is InChI=1S/C24H20N2O5S/c1-3-30-24(28)21-18(15-8-5-4-6-9-15)14-32-23(21)25-22(27)19-13-20(31-26-19)16-10-7-11-17(12-16)29-2/h4-14H,3H2,1-2H3,(H,25,27). The number of hydrogen-bond donors (Lipinski definition) is 1. The van der Waals surface area contributed by atoms with E-state index in [0.29, 0.717) is 27.6 Å². The lowest BCUT2D eigenvalue weighted by atomic mass is 10.0. The van der Waals surface area contributed by atoms with Crippen molar-refractivity contribution in [3.63, 3.8) is 0 Å². The zero-order valence-corrected chi connectivity index (χ0v) is 18.3. The van der Waals surface area contributed by atoms with Crippen LogP contribution >= 0.6 is 11.3 Å². The topological polar surface area (TPSA) is 90.7 Å². The van der Waals surface area contributed by atoms with Crippen LogP contribution in [0.1, 0.15) is 27.8 Å². The highest BCUT2D eigenvalue weighted by Gasteiger charge is 2.24. The number of anilines is 1. The molecule has 1 N–H and O–H groups in total. The number of amides is 1. The Morgan fingerprint density at radius 3 is 2.59 bits per heavy atom. The number of methoxy groups -OCH3 is 1. The molecule has 0 spiro atoms. The van der Waals surface area contributed by atoms with Crippen LogP contribution in [-0.2, 0) is 4.74 Å². The van der Waals surface area contributed by atoms with Gasteiger partial charge in [-0.1, -0.05) is 47.6 Å². The fourth-order valence-corrected chi connectivity index (χ4v) is 4.10. The quantitative estimate of drug-likeness (QED) is 0.375. The zero-order chi connectivity index (χ0) is 22.5. The van der Waals surface area contributed by atoms with E-state index in [0.717, 1.165) is 11.1 Å². The van der Waals surface area contributed by atoms with Gasteiger partial charge in [0.2, 0.25) is 0 Å². The van der Waals surface area contributed by atoms with Gasteiger partial charge >= 0.3 is 5.97 Å². The van der Waals surface area contributed by atoms with Gasteiger partial charge in [0.15, 0.2) is 11.5 Å². The minimum atomic E-state index is -0.500. The maximum atomic E-state index is 12.9. The molecular weight excluding hydrogens is 428 g/mol. The third-order valence-corrected chi connectivity index (χ3v) is 5.57. The predicted molar refractivity (Wildman–Crippen MR) is 122 cm³/mol. The smallest absolute Gasteiger partial charge is 0.341 e. The molecule has 0 unspecified atom stereocenters. The van der Waals surface area contributed by atoms with Gasteiger partial charge in [0.1, 0.15) is 16.3 Å². The molecule has 1 amide bonds. The number of rotatable bonds is 7. The van der Waals surface area contributed by atoms with Gasteiger partial charge in [0.05, 0.1) is 13.7 Å². The molecule has 0 fully saturated rings. The molecule has 4 rings (SSSR count). The summed E-state index contributed by atoms with van der Waals surface area (Å²) in [5.41, 5.74) is 2.68. The number of nitrogens with zero attached hydrogens (tertiary/aromatic N) is 1. The fraction of sp³-hybridized carbons (Fsp3) is 0.125. The lowest BCUT2D eigenvalue weighted by Crippen LogP contribution is -2.15. The molecule has 0 saturated heterocycles. The van der Waals surface area contributed by atoms with Crippen LogP contribution in [0.25, 0.3) is 22.5 Å². The van der Waals surface area contributed by atoms with Gasteiger partial charge in [-0.3, -0.25) is 4.79 Å². The summed E-state index contributed by atoms with van der Waals surface area (Å²) < 4.78 is 15.8. The summed E-state index contributed by atoms with van der Waals surface area (Å²) in [6.07, 6.45) is 0. The molecule has 162 valence electrons. The van der Waals surface area contributed by atoms with Gasteiger partial charge < -0.3 is 19.3 Å². The van der Waals surface area contributed by atoms with Crippen LogP contribution in [0.5, 0.6) is 5.75 Å². The second-order valence-corrected chi connectivity index (χ2v) is 7.58. The SMILES string of the molecule is CCOC(=O)c1c(-c2ccccc2)csc1NC(=O)c1cc(-c2cccc(OC)c2)on1. The van der Waals surface area contributed by atoms with Crippen LogP contribution in [0.2, 0.25) is 0 Å². The Morgan fingerprint density at radius 2 is 1.84 bits per heavy atom. The number of thiophene rings is 1. The number of hydrogen-bond acceptors (Lipinski definition) is 7. The monoisotopic (exact) mass is 448 g/mol. The van der Waals surface area contributed by atoms with E-state index in [-0.39, 0.29) is 12.3 Å². The summed E-state index contributed by atoms with van der Waals surface area (Å²) in [5.74, 6) is 0.0989. The number of carbonyl (C=O) groups is 2. The molecule has 2 aromatic carbocycles. The van der Waals surface area contributed by atoms with Crippen LogP contribution in [-0.4, -0.2) is 30.7 Å². The number of carbonyl (C=O) groups excluding carboxylic acids is 2. The lowest BCUT2D eigenvalue weighted by molar-refractivity contribution is 0.0529. The molecular formula is C24H20N2O5S. The molecule has 0 bridgehead atoms. The number of ether oxygens (including phenoxy) is 2. The van der Waals surface area contributed by atoms with E-state index in [1.165, 1.54) is 11.3 Å². The van der Waals surface area contributed by atoms with E-state index in [9.17, 15) is 9.59 Å². The summed E-state index contributed by atoms with van der Waals surface area (Å²) in [5, 5.41) is 8.86. The second kappa shape index (κ2) is 9.49. The molecule has 8 heteroatoms. The molecule has 0 aliphatic rings. The molecule has 0 aliphatic carbocycles. The van der Waals surface area contributed by atoms with Crippen molar-refractivity contribution in [1.82, 2.24) is 5.16 Å². The second-order valence-electron chi connectivity index (χ2n) is 6.70. The number of aromatic nitrogens is 1. The van der Waals surface area contributed by atoms with Gasteiger partial charge in [-0.15, -0.1) is 11.3 Å². The van der Waals surface area contributed by atoms with Gasteiger partial charge in [-0.2, -0.15) is 0 Å². The Balaban J connectivity index is 1.62. The molecule has 2 aromatic heterocycles. The van der Waals surface area contributed by atoms with Crippen molar-refractivity contribution >= 4 is 28.2 Å². The maximum Gasteiger partial charge on any atom is 0.341 e. The minimum absolute atomic E-state index is 0.0901. The summed E-state index contributed by atoms with van der Waals surface area (Å²) in [6, 6.07) is 18.2. The zero-order valence-electron chi connectivity index (χ0n) is 17.5. The number of benzene rings is 2. The molecule has 0 aliphatic heterocycles. The lowest BCUT2D eigenvalue weighted by Gasteiger charge is -2.08. The number of nitrogens with one attached hydrogen (secondary N) is 1. The molecule has 7 nitrogen and oxygen atoms in total. The van der Waals surface area contributed by atoms with Crippen LogP contribution in [0.4, 0.5) is 5.00 Å². The summed E-state index contributed by atoms with van der Waals surface area (Å²) in [4.78, 5) is 25.5. The average Bonchev–Trinajstić information content (AvgIpc) is 3.48. The van der Waals surface area contributed by atoms with Crippen molar-refractivity contribution in [2.45, 2.75) is 6.92 Å². The average molecular weight is 449 g/mol. The van der Waals surface area contributed by atoms with E-state index in [1.54, 1.807) is 26.2 Å². The van der Waals surface area contributed by atoms with E-state index in [4.69, 9.17) is 14.0 Å². The van der Waals surface area contributed by atoms with Crippen molar-refractivity contribution in [2.24, 2.45) is 0 Å². The molecule has 4 aromatic rings. The van der Waals surface area contributed by atoms with E-state index in [2.05, 4.69) is 10.5 Å². The Kier molecular flexibility index (Phi) is 6.32. The van der Waals surface area contributed by atoms with Crippen molar-refractivity contribution in [3.8, 4) is 28.2 Å². The highest BCUT2D eigenvalue weighted by atomic mass is 32.1. The Bertz CT molecular complexity index is 1250. The third kappa shape index (κ3) is 4.40. The summed E-state index contributed by atoms with van der Waals surface area (Å²) in [6.45, 7) is 1.96. The van der Waals surface area contributed by atoms with Crippen LogP contribution in [0.3, 0.4) is 0 Å². The first-order chi connectivity index (χ1) is 15.6. The van der Waals surface area contributed by atoms with Crippen molar-refractivity contribution in [3.05, 3.63) is 77.3 Å².